The molecule has 0 amide bonds. The minimum atomic E-state index is -0.249. The zero-order valence-corrected chi connectivity index (χ0v) is 11.7. The molecule has 0 aliphatic carbocycles. The first-order valence-corrected chi connectivity index (χ1v) is 7.09. The number of benzene rings is 2. The van der Waals surface area contributed by atoms with Gasteiger partial charge in [0.05, 0.1) is 10.2 Å². The molecule has 0 spiro atoms. The van der Waals surface area contributed by atoms with E-state index in [9.17, 15) is 9.18 Å². The van der Waals surface area contributed by atoms with Crippen LogP contribution in [-0.2, 0) is 6.42 Å². The van der Waals surface area contributed by atoms with E-state index >= 15 is 0 Å². The van der Waals surface area contributed by atoms with E-state index in [0.717, 1.165) is 15.8 Å². The van der Waals surface area contributed by atoms with E-state index in [1.54, 1.807) is 19.1 Å². The van der Waals surface area contributed by atoms with Crippen molar-refractivity contribution in [1.29, 1.82) is 0 Å². The van der Waals surface area contributed by atoms with Gasteiger partial charge in [-0.05, 0) is 36.2 Å². The maximum absolute atomic E-state index is 13.2. The molecule has 1 aromatic heterocycles. The molecule has 2 nitrogen and oxygen atoms in total. The summed E-state index contributed by atoms with van der Waals surface area (Å²) in [5.74, 6) is -0.279. The van der Waals surface area contributed by atoms with Crippen LogP contribution in [0.25, 0.3) is 10.2 Å². The number of thiazole rings is 1. The third-order valence-electron chi connectivity index (χ3n) is 3.12. The maximum Gasteiger partial charge on any atom is 0.195 e. The average molecular weight is 285 g/mol. The summed E-state index contributed by atoms with van der Waals surface area (Å²) in [4.78, 5) is 16.6. The summed E-state index contributed by atoms with van der Waals surface area (Å²) in [6, 6.07) is 12.4. The van der Waals surface area contributed by atoms with Crippen molar-refractivity contribution in [2.45, 2.75) is 13.3 Å². The van der Waals surface area contributed by atoms with Gasteiger partial charge in [-0.1, -0.05) is 24.3 Å². The summed E-state index contributed by atoms with van der Waals surface area (Å²) in [6.45, 7) is 1.70. The number of halogens is 1. The van der Waals surface area contributed by atoms with Gasteiger partial charge in [-0.15, -0.1) is 11.3 Å². The molecule has 0 bridgehead atoms. The van der Waals surface area contributed by atoms with Crippen LogP contribution in [0.5, 0.6) is 0 Å². The molecule has 0 radical (unpaired) electrons. The largest absolute Gasteiger partial charge is 0.291 e. The molecule has 0 unspecified atom stereocenters. The smallest absolute Gasteiger partial charge is 0.195 e. The van der Waals surface area contributed by atoms with Gasteiger partial charge in [0, 0.05) is 6.42 Å². The molecule has 0 N–H and O–H groups in total. The van der Waals surface area contributed by atoms with Crippen LogP contribution in [0.1, 0.15) is 20.9 Å². The van der Waals surface area contributed by atoms with E-state index in [1.165, 1.54) is 17.4 Å². The average Bonchev–Trinajstić information content (AvgIpc) is 2.87. The molecular weight excluding hydrogens is 273 g/mol. The molecule has 0 saturated heterocycles. The van der Waals surface area contributed by atoms with Crippen molar-refractivity contribution < 1.29 is 9.18 Å². The molecule has 0 atom stereocenters. The molecule has 3 aromatic rings. The van der Waals surface area contributed by atoms with Crippen LogP contribution in [0, 0.1) is 12.7 Å². The quantitative estimate of drug-likeness (QED) is 0.676. The van der Waals surface area contributed by atoms with Gasteiger partial charge in [0.1, 0.15) is 5.82 Å². The SMILES string of the molecule is Cc1cc(CC(=O)c2nc3ccccc3s2)ccc1F. The summed E-state index contributed by atoms with van der Waals surface area (Å²) in [7, 11) is 0. The maximum atomic E-state index is 13.2. The first-order chi connectivity index (χ1) is 9.63. The number of ketones is 1. The number of nitrogens with zero attached hydrogens (tertiary/aromatic N) is 1. The minimum Gasteiger partial charge on any atom is -0.291 e. The normalized spacial score (nSPS) is 10.9. The fraction of sp³-hybridized carbons (Fsp3) is 0.125. The van der Waals surface area contributed by atoms with Gasteiger partial charge in [0.25, 0.3) is 0 Å². The molecule has 100 valence electrons. The highest BCUT2D eigenvalue weighted by atomic mass is 32.1. The number of rotatable bonds is 3. The molecule has 3 rings (SSSR count). The molecule has 1 heterocycles. The zero-order valence-electron chi connectivity index (χ0n) is 10.9. The first-order valence-electron chi connectivity index (χ1n) is 6.27. The lowest BCUT2D eigenvalue weighted by molar-refractivity contribution is 0.0993. The highest BCUT2D eigenvalue weighted by molar-refractivity contribution is 7.20. The van der Waals surface area contributed by atoms with Crippen molar-refractivity contribution in [3.8, 4) is 0 Å². The van der Waals surface area contributed by atoms with Crippen molar-refractivity contribution in [3.05, 3.63) is 64.4 Å². The van der Waals surface area contributed by atoms with Gasteiger partial charge in [-0.2, -0.15) is 0 Å². The highest BCUT2D eigenvalue weighted by Gasteiger charge is 2.13. The number of fused-ring (bicyclic) bond motifs is 1. The predicted octanol–water partition coefficient (Wildman–Crippen LogP) is 4.17. The van der Waals surface area contributed by atoms with Gasteiger partial charge in [0.15, 0.2) is 10.8 Å². The number of para-hydroxylation sites is 1. The van der Waals surface area contributed by atoms with Crippen molar-refractivity contribution in [1.82, 2.24) is 4.98 Å². The molecule has 0 aliphatic rings. The second-order valence-electron chi connectivity index (χ2n) is 4.67. The van der Waals surface area contributed by atoms with Gasteiger partial charge in [-0.3, -0.25) is 4.79 Å². The van der Waals surface area contributed by atoms with Crippen LogP contribution in [0.15, 0.2) is 42.5 Å². The van der Waals surface area contributed by atoms with E-state index in [2.05, 4.69) is 4.98 Å². The zero-order chi connectivity index (χ0) is 14.1. The second-order valence-corrected chi connectivity index (χ2v) is 5.70. The van der Waals surface area contributed by atoms with Crippen LogP contribution in [0.3, 0.4) is 0 Å². The number of hydrogen-bond donors (Lipinski definition) is 0. The summed E-state index contributed by atoms with van der Waals surface area (Å²) < 4.78 is 14.2. The summed E-state index contributed by atoms with van der Waals surface area (Å²) in [5.41, 5.74) is 2.21. The fourth-order valence-electron chi connectivity index (χ4n) is 2.07. The lowest BCUT2D eigenvalue weighted by Gasteiger charge is -2.01. The molecular formula is C16H12FNOS. The molecule has 2 aromatic carbocycles. The van der Waals surface area contributed by atoms with E-state index in [-0.39, 0.29) is 18.0 Å². The molecule has 0 fully saturated rings. The Hall–Kier alpha value is -2.07. The van der Waals surface area contributed by atoms with E-state index in [4.69, 9.17) is 0 Å². The van der Waals surface area contributed by atoms with E-state index in [0.29, 0.717) is 10.6 Å². The van der Waals surface area contributed by atoms with Gasteiger partial charge in [0.2, 0.25) is 0 Å². The Labute approximate surface area is 119 Å². The highest BCUT2D eigenvalue weighted by Crippen LogP contribution is 2.23. The van der Waals surface area contributed by atoms with Gasteiger partial charge >= 0.3 is 0 Å². The number of carbonyl (C=O) groups excluding carboxylic acids is 1. The number of aryl methyl sites for hydroxylation is 1. The van der Waals surface area contributed by atoms with Crippen molar-refractivity contribution in [2.75, 3.05) is 0 Å². The molecule has 0 aliphatic heterocycles. The molecule has 20 heavy (non-hydrogen) atoms. The number of Topliss-reactive ketones (excluding diaryl/α,β-unsaturated/α-hetero) is 1. The Kier molecular flexibility index (Phi) is 3.32. The fourth-order valence-corrected chi connectivity index (χ4v) is 2.97. The first kappa shape index (κ1) is 12.9. The van der Waals surface area contributed by atoms with Gasteiger partial charge in [-0.25, -0.2) is 9.37 Å². The number of aromatic nitrogens is 1. The van der Waals surface area contributed by atoms with Crippen LogP contribution >= 0.6 is 11.3 Å². The van der Waals surface area contributed by atoms with Crippen LogP contribution in [0.4, 0.5) is 4.39 Å². The van der Waals surface area contributed by atoms with Gasteiger partial charge < -0.3 is 0 Å². The number of carbonyl (C=O) groups is 1. The number of hydrogen-bond acceptors (Lipinski definition) is 3. The van der Waals surface area contributed by atoms with Crippen molar-refractivity contribution in [3.63, 3.8) is 0 Å². The Morgan fingerprint density at radius 3 is 2.80 bits per heavy atom. The Morgan fingerprint density at radius 1 is 1.25 bits per heavy atom. The van der Waals surface area contributed by atoms with Crippen molar-refractivity contribution in [2.24, 2.45) is 0 Å². The van der Waals surface area contributed by atoms with E-state index in [1.807, 2.05) is 24.3 Å². The standard InChI is InChI=1S/C16H12FNOS/c1-10-8-11(6-7-12(10)17)9-14(19)16-18-13-4-2-3-5-15(13)20-16/h2-8H,9H2,1H3. The Balaban J connectivity index is 1.86. The van der Waals surface area contributed by atoms with E-state index < -0.39 is 0 Å². The lowest BCUT2D eigenvalue weighted by Crippen LogP contribution is -2.03. The monoisotopic (exact) mass is 285 g/mol. The second kappa shape index (κ2) is 5.13. The minimum absolute atomic E-state index is 0.0304. The van der Waals surface area contributed by atoms with Crippen molar-refractivity contribution >= 4 is 27.3 Å². The summed E-state index contributed by atoms with van der Waals surface area (Å²) in [5, 5.41) is 0.508. The van der Waals surface area contributed by atoms with Crippen LogP contribution in [0.2, 0.25) is 0 Å². The molecule has 4 heteroatoms. The Bertz CT molecular complexity index is 761. The van der Waals surface area contributed by atoms with Crippen LogP contribution < -0.4 is 0 Å². The third-order valence-corrected chi connectivity index (χ3v) is 4.20. The topological polar surface area (TPSA) is 30.0 Å². The van der Waals surface area contributed by atoms with Crippen LogP contribution in [-0.4, -0.2) is 10.8 Å². The molecule has 0 saturated carbocycles. The lowest BCUT2D eigenvalue weighted by atomic mass is 10.1. The summed E-state index contributed by atoms with van der Waals surface area (Å²) >= 11 is 1.40. The summed E-state index contributed by atoms with van der Waals surface area (Å²) in [6.07, 6.45) is 0.251. The Morgan fingerprint density at radius 2 is 2.05 bits per heavy atom. The third kappa shape index (κ3) is 2.47. The predicted molar refractivity (Wildman–Crippen MR) is 78.8 cm³/mol.